The lowest BCUT2D eigenvalue weighted by Gasteiger charge is -2.17. The van der Waals surface area contributed by atoms with Gasteiger partial charge in [-0.25, -0.2) is 0 Å². The van der Waals surface area contributed by atoms with Gasteiger partial charge >= 0.3 is 0 Å². The number of aromatic nitrogens is 1. The summed E-state index contributed by atoms with van der Waals surface area (Å²) in [7, 11) is 1.99. The number of nitrogens with one attached hydrogen (secondary N) is 1. The zero-order valence-electron chi connectivity index (χ0n) is 13.1. The summed E-state index contributed by atoms with van der Waals surface area (Å²) in [5.74, 6) is 0.846. The van der Waals surface area contributed by atoms with Gasteiger partial charge in [-0.2, -0.15) is 0 Å². The third kappa shape index (κ3) is 4.57. The van der Waals surface area contributed by atoms with Crippen molar-refractivity contribution in [3.63, 3.8) is 0 Å². The lowest BCUT2D eigenvalue weighted by atomic mass is 9.99. The van der Waals surface area contributed by atoms with Crippen LogP contribution in [-0.4, -0.2) is 18.6 Å². The lowest BCUT2D eigenvalue weighted by Crippen LogP contribution is -2.19. The summed E-state index contributed by atoms with van der Waals surface area (Å²) in [4.78, 5) is 4.30. The van der Waals surface area contributed by atoms with Crippen molar-refractivity contribution >= 4 is 0 Å². The van der Waals surface area contributed by atoms with Crippen molar-refractivity contribution in [2.24, 2.45) is 0 Å². The second-order valence-electron chi connectivity index (χ2n) is 5.34. The Balaban J connectivity index is 2.13. The molecule has 21 heavy (non-hydrogen) atoms. The SMILES string of the molecule is CCCOc1cncc(C(Cc2cccc(C)c2)NC)c1. The van der Waals surface area contributed by atoms with Crippen LogP contribution in [0.1, 0.15) is 36.1 Å². The topological polar surface area (TPSA) is 34.1 Å². The molecule has 1 aromatic heterocycles. The molecule has 0 bridgehead atoms. The van der Waals surface area contributed by atoms with E-state index in [1.54, 1.807) is 6.20 Å². The summed E-state index contributed by atoms with van der Waals surface area (Å²) in [5, 5.41) is 3.37. The second kappa shape index (κ2) is 7.79. The first kappa shape index (κ1) is 15.5. The molecule has 1 N–H and O–H groups in total. The van der Waals surface area contributed by atoms with E-state index in [9.17, 15) is 0 Å². The molecule has 1 heterocycles. The Morgan fingerprint density at radius 2 is 2.10 bits per heavy atom. The van der Waals surface area contributed by atoms with E-state index in [-0.39, 0.29) is 6.04 Å². The van der Waals surface area contributed by atoms with Gasteiger partial charge in [0.05, 0.1) is 12.8 Å². The molecule has 1 aromatic carbocycles. The summed E-state index contributed by atoms with van der Waals surface area (Å²) < 4.78 is 5.67. The van der Waals surface area contributed by atoms with Gasteiger partial charge < -0.3 is 10.1 Å². The number of hydrogen-bond donors (Lipinski definition) is 1. The van der Waals surface area contributed by atoms with Gasteiger partial charge in [0.2, 0.25) is 0 Å². The molecule has 0 amide bonds. The van der Waals surface area contributed by atoms with E-state index >= 15 is 0 Å². The molecule has 2 rings (SSSR count). The van der Waals surface area contributed by atoms with Crippen molar-refractivity contribution < 1.29 is 4.74 Å². The highest BCUT2D eigenvalue weighted by molar-refractivity contribution is 5.29. The molecule has 0 saturated carbocycles. The van der Waals surface area contributed by atoms with Gasteiger partial charge in [0.25, 0.3) is 0 Å². The first-order chi connectivity index (χ1) is 10.2. The maximum atomic E-state index is 5.67. The van der Waals surface area contributed by atoms with Crippen molar-refractivity contribution in [1.29, 1.82) is 0 Å². The van der Waals surface area contributed by atoms with Gasteiger partial charge in [0.1, 0.15) is 5.75 Å². The van der Waals surface area contributed by atoms with Crippen molar-refractivity contribution in [2.75, 3.05) is 13.7 Å². The number of pyridine rings is 1. The Morgan fingerprint density at radius 3 is 2.81 bits per heavy atom. The number of hydrogen-bond acceptors (Lipinski definition) is 3. The average molecular weight is 284 g/mol. The summed E-state index contributed by atoms with van der Waals surface area (Å²) in [6, 6.07) is 11.0. The third-order valence-corrected chi connectivity index (χ3v) is 3.48. The number of benzene rings is 1. The van der Waals surface area contributed by atoms with Crippen LogP contribution in [-0.2, 0) is 6.42 Å². The molecule has 0 saturated heterocycles. The van der Waals surface area contributed by atoms with Gasteiger partial charge in [0.15, 0.2) is 0 Å². The van der Waals surface area contributed by atoms with E-state index in [4.69, 9.17) is 4.74 Å². The molecule has 0 fully saturated rings. The summed E-state index contributed by atoms with van der Waals surface area (Å²) in [6.45, 7) is 4.96. The zero-order chi connectivity index (χ0) is 15.1. The second-order valence-corrected chi connectivity index (χ2v) is 5.34. The third-order valence-electron chi connectivity index (χ3n) is 3.48. The van der Waals surface area contributed by atoms with E-state index in [0.717, 1.165) is 30.8 Å². The summed E-state index contributed by atoms with van der Waals surface area (Å²) in [5.41, 5.74) is 3.78. The highest BCUT2D eigenvalue weighted by Gasteiger charge is 2.11. The fraction of sp³-hybridized carbons (Fsp3) is 0.389. The van der Waals surface area contributed by atoms with Crippen LogP contribution < -0.4 is 10.1 Å². The molecular formula is C18H24N2O. The molecule has 0 aliphatic carbocycles. The van der Waals surface area contributed by atoms with Crippen molar-refractivity contribution in [3.8, 4) is 5.75 Å². The fourth-order valence-electron chi connectivity index (χ4n) is 2.39. The smallest absolute Gasteiger partial charge is 0.137 e. The molecule has 3 nitrogen and oxygen atoms in total. The van der Waals surface area contributed by atoms with E-state index < -0.39 is 0 Å². The minimum atomic E-state index is 0.240. The fourth-order valence-corrected chi connectivity index (χ4v) is 2.39. The number of likely N-dealkylation sites (N-methyl/N-ethyl adjacent to an activating group) is 1. The van der Waals surface area contributed by atoms with Crippen LogP contribution in [0.15, 0.2) is 42.7 Å². The molecule has 1 unspecified atom stereocenters. The Morgan fingerprint density at radius 1 is 1.24 bits per heavy atom. The van der Waals surface area contributed by atoms with Crippen LogP contribution in [0.5, 0.6) is 5.75 Å². The molecule has 0 radical (unpaired) electrons. The van der Waals surface area contributed by atoms with Crippen LogP contribution >= 0.6 is 0 Å². The Kier molecular flexibility index (Phi) is 5.76. The number of rotatable bonds is 7. The summed E-state index contributed by atoms with van der Waals surface area (Å²) >= 11 is 0. The van der Waals surface area contributed by atoms with Gasteiger partial charge in [-0.05, 0) is 44.0 Å². The van der Waals surface area contributed by atoms with Crippen molar-refractivity contribution in [3.05, 3.63) is 59.4 Å². The number of ether oxygens (including phenoxy) is 1. The maximum Gasteiger partial charge on any atom is 0.137 e. The van der Waals surface area contributed by atoms with Crippen molar-refractivity contribution in [1.82, 2.24) is 10.3 Å². The first-order valence-electron chi connectivity index (χ1n) is 7.53. The van der Waals surface area contributed by atoms with Crippen LogP contribution in [0.3, 0.4) is 0 Å². The lowest BCUT2D eigenvalue weighted by molar-refractivity contribution is 0.315. The van der Waals surface area contributed by atoms with Crippen LogP contribution in [0, 0.1) is 6.92 Å². The normalized spacial score (nSPS) is 12.1. The molecule has 0 spiro atoms. The maximum absolute atomic E-state index is 5.67. The molecule has 112 valence electrons. The first-order valence-corrected chi connectivity index (χ1v) is 7.53. The molecule has 2 aromatic rings. The van der Waals surface area contributed by atoms with E-state index in [2.05, 4.69) is 54.5 Å². The molecule has 0 aliphatic heterocycles. The van der Waals surface area contributed by atoms with E-state index in [1.807, 2.05) is 13.2 Å². The van der Waals surface area contributed by atoms with Gasteiger partial charge in [-0.3, -0.25) is 4.98 Å². The zero-order valence-corrected chi connectivity index (χ0v) is 13.1. The van der Waals surface area contributed by atoms with Gasteiger partial charge in [-0.1, -0.05) is 36.8 Å². The molecule has 3 heteroatoms. The standard InChI is InChI=1S/C18H24N2O/c1-4-8-21-17-11-16(12-20-13-17)18(19-3)10-15-7-5-6-14(2)9-15/h5-7,9,11-13,18-19H,4,8,10H2,1-3H3. The van der Waals surface area contributed by atoms with E-state index in [0.29, 0.717) is 0 Å². The Bertz CT molecular complexity index is 569. The Hall–Kier alpha value is -1.87. The highest BCUT2D eigenvalue weighted by atomic mass is 16.5. The molecule has 0 aliphatic rings. The van der Waals surface area contributed by atoms with Gasteiger partial charge in [-0.15, -0.1) is 0 Å². The molecule has 1 atom stereocenters. The van der Waals surface area contributed by atoms with Gasteiger partial charge in [0, 0.05) is 12.2 Å². The number of nitrogens with zero attached hydrogens (tertiary/aromatic N) is 1. The minimum absolute atomic E-state index is 0.240. The predicted molar refractivity (Wildman–Crippen MR) is 86.7 cm³/mol. The molecular weight excluding hydrogens is 260 g/mol. The average Bonchev–Trinajstić information content (AvgIpc) is 2.51. The van der Waals surface area contributed by atoms with Crippen LogP contribution in [0.25, 0.3) is 0 Å². The predicted octanol–water partition coefficient (Wildman–Crippen LogP) is 3.68. The Labute approximate surface area is 127 Å². The quantitative estimate of drug-likeness (QED) is 0.842. The van der Waals surface area contributed by atoms with Crippen LogP contribution in [0.4, 0.5) is 0 Å². The van der Waals surface area contributed by atoms with E-state index in [1.165, 1.54) is 11.1 Å². The van der Waals surface area contributed by atoms with Crippen molar-refractivity contribution in [2.45, 2.75) is 32.7 Å². The number of aryl methyl sites for hydroxylation is 1. The minimum Gasteiger partial charge on any atom is -0.492 e. The summed E-state index contributed by atoms with van der Waals surface area (Å²) in [6.07, 6.45) is 5.63. The largest absolute Gasteiger partial charge is 0.492 e. The highest BCUT2D eigenvalue weighted by Crippen LogP contribution is 2.21. The monoisotopic (exact) mass is 284 g/mol. The van der Waals surface area contributed by atoms with Crippen LogP contribution in [0.2, 0.25) is 0 Å².